The molecule has 0 saturated carbocycles. The number of methoxy groups -OCH3 is 3. The van der Waals surface area contributed by atoms with Crippen LogP contribution in [0.2, 0.25) is 0 Å². The third-order valence-corrected chi connectivity index (χ3v) is 7.12. The second-order valence-electron chi connectivity index (χ2n) is 8.30. The number of nitrogens with one attached hydrogen (secondary N) is 1. The summed E-state index contributed by atoms with van der Waals surface area (Å²) in [7, 11) is 4.75. The van der Waals surface area contributed by atoms with E-state index in [1.54, 1.807) is 51.3 Å². The summed E-state index contributed by atoms with van der Waals surface area (Å²) < 4.78 is 17.4. The summed E-state index contributed by atoms with van der Waals surface area (Å²) in [5, 5.41) is 8.45. The molecule has 4 heterocycles. The number of nitrogens with zero attached hydrogens (tertiary/aromatic N) is 5. The van der Waals surface area contributed by atoms with E-state index in [1.807, 2.05) is 54.6 Å². The number of ether oxygens (including phenoxy) is 3. The van der Waals surface area contributed by atoms with Gasteiger partial charge in [0.2, 0.25) is 5.75 Å². The summed E-state index contributed by atoms with van der Waals surface area (Å²) >= 11 is 1.63. The van der Waals surface area contributed by atoms with Gasteiger partial charge in [-0.1, -0.05) is 24.3 Å². The van der Waals surface area contributed by atoms with Crippen molar-refractivity contribution in [3.05, 3.63) is 73.2 Å². The van der Waals surface area contributed by atoms with Gasteiger partial charge in [-0.25, -0.2) is 19.9 Å². The molecule has 0 saturated heterocycles. The minimum absolute atomic E-state index is 0.534. The second-order valence-corrected chi connectivity index (χ2v) is 9.33. The summed E-state index contributed by atoms with van der Waals surface area (Å²) in [5.74, 6) is 2.20. The fraction of sp³-hybridized carbons (Fsp3) is 0.107. The lowest BCUT2D eigenvalue weighted by atomic mass is 10.1. The van der Waals surface area contributed by atoms with Gasteiger partial charge in [0, 0.05) is 35.3 Å². The molecule has 0 spiro atoms. The number of thiazole rings is 1. The molecule has 10 heteroatoms. The molecule has 6 aromatic rings. The number of rotatable bonds is 7. The molecule has 0 amide bonds. The van der Waals surface area contributed by atoms with Crippen molar-refractivity contribution in [3.8, 4) is 61.7 Å². The highest BCUT2D eigenvalue weighted by Gasteiger charge is 2.15. The highest BCUT2D eigenvalue weighted by Crippen LogP contribution is 2.41. The van der Waals surface area contributed by atoms with E-state index < -0.39 is 0 Å². The van der Waals surface area contributed by atoms with Crippen molar-refractivity contribution in [1.82, 2.24) is 30.1 Å². The Morgan fingerprint density at radius 2 is 1.45 bits per heavy atom. The van der Waals surface area contributed by atoms with Gasteiger partial charge in [-0.3, -0.25) is 5.10 Å². The number of hydrogen-bond acceptors (Lipinski definition) is 9. The summed E-state index contributed by atoms with van der Waals surface area (Å²) in [5.41, 5.74) is 5.97. The Morgan fingerprint density at radius 3 is 2.11 bits per heavy atom. The zero-order valence-electron chi connectivity index (χ0n) is 20.8. The van der Waals surface area contributed by atoms with Gasteiger partial charge in [0.05, 0.1) is 31.7 Å². The van der Waals surface area contributed by atoms with Crippen molar-refractivity contribution in [1.29, 1.82) is 0 Å². The molecule has 0 aliphatic heterocycles. The average molecular weight is 523 g/mol. The predicted molar refractivity (Wildman–Crippen MR) is 147 cm³/mol. The largest absolute Gasteiger partial charge is 0.493 e. The van der Waals surface area contributed by atoms with Crippen LogP contribution in [0.25, 0.3) is 54.8 Å². The van der Waals surface area contributed by atoms with Crippen LogP contribution in [0.15, 0.2) is 73.2 Å². The topological polar surface area (TPSA) is 108 Å². The first-order valence-corrected chi connectivity index (χ1v) is 12.5. The predicted octanol–water partition coefficient (Wildman–Crippen LogP) is 5.90. The van der Waals surface area contributed by atoms with Crippen LogP contribution in [-0.2, 0) is 0 Å². The minimum atomic E-state index is 0.534. The molecule has 1 N–H and O–H groups in total. The number of benzene rings is 2. The van der Waals surface area contributed by atoms with Crippen molar-refractivity contribution < 1.29 is 14.2 Å². The molecule has 38 heavy (non-hydrogen) atoms. The Balaban J connectivity index is 1.23. The van der Waals surface area contributed by atoms with Crippen LogP contribution < -0.4 is 14.2 Å². The van der Waals surface area contributed by atoms with Gasteiger partial charge in [-0.05, 0) is 35.9 Å². The second kappa shape index (κ2) is 9.91. The molecule has 0 fully saturated rings. The highest BCUT2D eigenvalue weighted by molar-refractivity contribution is 7.21. The SMILES string of the molecule is COc1cc(-c2cnc(-c3cc(-c4ccc(-c5nc6ncccc6s5)cc4)n[nH]3)nc2)cc(OC)c1OC. The van der Waals surface area contributed by atoms with E-state index in [-0.39, 0.29) is 0 Å². The Kier molecular flexibility index (Phi) is 6.14. The maximum absolute atomic E-state index is 5.46. The van der Waals surface area contributed by atoms with E-state index in [4.69, 9.17) is 14.2 Å². The van der Waals surface area contributed by atoms with Crippen LogP contribution >= 0.6 is 11.3 Å². The third kappa shape index (κ3) is 4.31. The zero-order valence-corrected chi connectivity index (χ0v) is 21.6. The van der Waals surface area contributed by atoms with Gasteiger partial charge in [-0.15, -0.1) is 11.3 Å². The first-order chi connectivity index (χ1) is 18.7. The van der Waals surface area contributed by atoms with Crippen LogP contribution in [0, 0.1) is 0 Å². The molecule has 2 aromatic carbocycles. The number of aromatic amines is 1. The summed E-state index contributed by atoms with van der Waals surface area (Å²) in [6, 6.07) is 17.8. The van der Waals surface area contributed by atoms with E-state index in [2.05, 4.69) is 30.1 Å². The molecule has 0 radical (unpaired) electrons. The molecule has 0 aliphatic carbocycles. The fourth-order valence-electron chi connectivity index (χ4n) is 4.12. The molecular weight excluding hydrogens is 500 g/mol. The molecule has 4 aromatic heterocycles. The van der Waals surface area contributed by atoms with E-state index in [0.717, 1.165) is 49.0 Å². The van der Waals surface area contributed by atoms with Gasteiger partial charge < -0.3 is 14.2 Å². The monoisotopic (exact) mass is 522 g/mol. The van der Waals surface area contributed by atoms with Gasteiger partial charge in [0.15, 0.2) is 23.0 Å². The Labute approximate surface area is 222 Å². The van der Waals surface area contributed by atoms with Crippen LogP contribution in [0.5, 0.6) is 17.2 Å². The summed E-state index contributed by atoms with van der Waals surface area (Å²) in [6.45, 7) is 0. The molecule has 0 atom stereocenters. The first-order valence-electron chi connectivity index (χ1n) is 11.7. The zero-order chi connectivity index (χ0) is 26.1. The maximum atomic E-state index is 5.46. The minimum Gasteiger partial charge on any atom is -0.493 e. The molecule has 6 rings (SSSR count). The smallest absolute Gasteiger partial charge is 0.203 e. The number of aromatic nitrogens is 6. The van der Waals surface area contributed by atoms with Crippen molar-refractivity contribution in [2.24, 2.45) is 0 Å². The van der Waals surface area contributed by atoms with Crippen molar-refractivity contribution in [2.75, 3.05) is 21.3 Å². The van der Waals surface area contributed by atoms with Crippen LogP contribution in [0.4, 0.5) is 0 Å². The summed E-state index contributed by atoms with van der Waals surface area (Å²) in [4.78, 5) is 18.1. The van der Waals surface area contributed by atoms with E-state index >= 15 is 0 Å². The molecule has 0 aliphatic rings. The van der Waals surface area contributed by atoms with E-state index in [9.17, 15) is 0 Å². The number of pyridine rings is 1. The standard InChI is InChI=1S/C28H22N6O3S/c1-35-22-11-18(12-23(36-2)25(22)37-3)19-14-30-26(31-15-19)21-13-20(33-34-21)16-6-8-17(9-7-16)28-32-27-24(38-28)5-4-10-29-27/h4-15H,1-3H3,(H,33,34). The number of H-pyrrole nitrogens is 1. The lowest BCUT2D eigenvalue weighted by Gasteiger charge is -2.14. The van der Waals surface area contributed by atoms with Crippen LogP contribution in [0.3, 0.4) is 0 Å². The van der Waals surface area contributed by atoms with Gasteiger partial charge in [0.1, 0.15) is 10.7 Å². The lowest BCUT2D eigenvalue weighted by molar-refractivity contribution is 0.324. The molecule has 0 unspecified atom stereocenters. The fourth-order valence-corrected chi connectivity index (χ4v) is 5.05. The lowest BCUT2D eigenvalue weighted by Crippen LogP contribution is -1.96. The first kappa shape index (κ1) is 23.6. The average Bonchev–Trinajstić information content (AvgIpc) is 3.64. The van der Waals surface area contributed by atoms with Crippen LogP contribution in [0.1, 0.15) is 0 Å². The molecule has 188 valence electrons. The highest BCUT2D eigenvalue weighted by atomic mass is 32.1. The van der Waals surface area contributed by atoms with Gasteiger partial charge in [0.25, 0.3) is 0 Å². The number of hydrogen-bond donors (Lipinski definition) is 1. The van der Waals surface area contributed by atoms with Gasteiger partial charge >= 0.3 is 0 Å². The van der Waals surface area contributed by atoms with Crippen molar-refractivity contribution in [3.63, 3.8) is 0 Å². The quantitative estimate of drug-likeness (QED) is 0.276. The van der Waals surface area contributed by atoms with E-state index in [0.29, 0.717) is 23.1 Å². The number of fused-ring (bicyclic) bond motifs is 1. The Hall–Kier alpha value is -4.83. The maximum Gasteiger partial charge on any atom is 0.203 e. The van der Waals surface area contributed by atoms with Crippen LogP contribution in [-0.4, -0.2) is 51.5 Å². The molecular formula is C28H22N6O3S. The molecule has 0 bridgehead atoms. The Bertz CT molecular complexity index is 1670. The molecule has 9 nitrogen and oxygen atoms in total. The summed E-state index contributed by atoms with van der Waals surface area (Å²) in [6.07, 6.45) is 5.27. The van der Waals surface area contributed by atoms with Gasteiger partial charge in [-0.2, -0.15) is 5.10 Å². The normalized spacial score (nSPS) is 11.0. The Morgan fingerprint density at radius 1 is 0.737 bits per heavy atom. The van der Waals surface area contributed by atoms with Crippen molar-refractivity contribution in [2.45, 2.75) is 0 Å². The van der Waals surface area contributed by atoms with E-state index in [1.165, 1.54) is 0 Å². The van der Waals surface area contributed by atoms with Crippen molar-refractivity contribution >= 4 is 21.7 Å². The third-order valence-electron chi connectivity index (χ3n) is 6.06.